The Hall–Kier alpha value is -4.12. The van der Waals surface area contributed by atoms with E-state index < -0.39 is 18.4 Å². The number of aromatic nitrogens is 2. The normalized spacial score (nSPS) is 10.9. The number of amides is 2. The number of nitrogens with zero attached hydrogens (tertiary/aromatic N) is 1. The fourth-order valence-electron chi connectivity index (χ4n) is 3.16. The lowest BCUT2D eigenvalue weighted by molar-refractivity contribution is -0.0512. The van der Waals surface area contributed by atoms with Crippen molar-refractivity contribution in [2.24, 2.45) is 0 Å². The van der Waals surface area contributed by atoms with Gasteiger partial charge in [-0.05, 0) is 48.0 Å². The molecule has 11 heteroatoms. The summed E-state index contributed by atoms with van der Waals surface area (Å²) in [4.78, 5) is 32.5. The van der Waals surface area contributed by atoms with E-state index >= 15 is 0 Å². The van der Waals surface area contributed by atoms with Crippen molar-refractivity contribution in [1.82, 2.24) is 20.8 Å². The lowest BCUT2D eigenvalue weighted by Crippen LogP contribution is -2.41. The predicted octanol–water partition coefficient (Wildman–Crippen LogP) is 4.54. The summed E-state index contributed by atoms with van der Waals surface area (Å²) in [5.41, 5.74) is 7.91. The molecule has 0 bridgehead atoms. The minimum atomic E-state index is -3.03. The maximum absolute atomic E-state index is 12.4. The fraction of sp³-hybridized carbons (Fsp3) is 0.125. The number of alkyl halides is 2. The summed E-state index contributed by atoms with van der Waals surface area (Å²) in [6, 6.07) is 18.4. The van der Waals surface area contributed by atoms with E-state index in [2.05, 4.69) is 25.6 Å². The van der Waals surface area contributed by atoms with E-state index in [-0.39, 0.29) is 17.1 Å². The smallest absolute Gasteiger partial charge is 0.387 e. The van der Waals surface area contributed by atoms with Crippen LogP contribution in [-0.4, -0.2) is 35.5 Å². The molecular weight excluding hydrogens is 478 g/mol. The van der Waals surface area contributed by atoms with E-state index in [4.69, 9.17) is 4.74 Å². The van der Waals surface area contributed by atoms with E-state index in [1.54, 1.807) is 23.9 Å². The Balaban J connectivity index is 1.30. The molecule has 0 aliphatic heterocycles. The van der Waals surface area contributed by atoms with Gasteiger partial charge in [-0.25, -0.2) is 4.98 Å². The number of hydrogen-bond acceptors (Lipinski definition) is 6. The highest BCUT2D eigenvalue weighted by molar-refractivity contribution is 7.98. The molecule has 3 aromatic carbocycles. The highest BCUT2D eigenvalue weighted by Gasteiger charge is 2.15. The number of thioether (sulfide) groups is 1. The number of hydrogen-bond donors (Lipinski definition) is 3. The van der Waals surface area contributed by atoms with Crippen LogP contribution in [0.15, 0.2) is 71.9 Å². The highest BCUT2D eigenvalue weighted by Crippen LogP contribution is 2.29. The van der Waals surface area contributed by atoms with Crippen LogP contribution >= 0.6 is 11.8 Å². The summed E-state index contributed by atoms with van der Waals surface area (Å²) >= 11 is 1.55. The number of aromatic amines is 1. The largest absolute Gasteiger partial charge is 0.493 e. The van der Waals surface area contributed by atoms with Crippen LogP contribution in [0.3, 0.4) is 0 Å². The molecule has 0 saturated carbocycles. The number of carbonyl (C=O) groups is 2. The molecule has 1 heterocycles. The Labute approximate surface area is 203 Å². The highest BCUT2D eigenvalue weighted by atomic mass is 32.2. The van der Waals surface area contributed by atoms with Gasteiger partial charge in [0.15, 0.2) is 16.7 Å². The molecule has 4 rings (SSSR count). The van der Waals surface area contributed by atoms with Gasteiger partial charge in [-0.3, -0.25) is 20.4 Å². The average Bonchev–Trinajstić information content (AvgIpc) is 3.29. The quantitative estimate of drug-likeness (QED) is 0.243. The average molecular weight is 499 g/mol. The van der Waals surface area contributed by atoms with Gasteiger partial charge in [-0.15, -0.1) is 0 Å². The molecule has 1 aromatic heterocycles. The van der Waals surface area contributed by atoms with E-state index in [1.807, 2.05) is 36.4 Å². The topological polar surface area (TPSA) is 105 Å². The van der Waals surface area contributed by atoms with Crippen LogP contribution in [-0.2, 0) is 5.75 Å². The molecule has 4 aromatic rings. The lowest BCUT2D eigenvalue weighted by atomic mass is 10.1. The molecule has 2 amide bonds. The Morgan fingerprint density at radius 3 is 2.34 bits per heavy atom. The maximum atomic E-state index is 12.4. The van der Waals surface area contributed by atoms with Gasteiger partial charge in [-0.2, -0.15) is 8.78 Å². The third-order valence-corrected chi connectivity index (χ3v) is 5.84. The summed E-state index contributed by atoms with van der Waals surface area (Å²) in [5, 5.41) is 0.807. The molecule has 0 fully saturated rings. The molecule has 0 atom stereocenters. The molecule has 0 aliphatic rings. The van der Waals surface area contributed by atoms with Gasteiger partial charge < -0.3 is 14.5 Å². The van der Waals surface area contributed by atoms with Crippen LogP contribution in [0.2, 0.25) is 0 Å². The standard InChI is InChI=1S/C24H20F2N4O4S/c1-33-20-12-16(10-11-19(20)34-23(25)26)22(32)30-29-21(31)15-8-6-14(7-9-15)13-35-24-27-17-4-2-3-5-18(17)28-24/h2-12,23H,13H2,1H3,(H,27,28)(H,29,31)(H,30,32). The second-order valence-electron chi connectivity index (χ2n) is 7.20. The Kier molecular flexibility index (Phi) is 7.46. The monoisotopic (exact) mass is 498 g/mol. The van der Waals surface area contributed by atoms with E-state index in [1.165, 1.54) is 25.3 Å². The van der Waals surface area contributed by atoms with Crippen LogP contribution in [0.4, 0.5) is 8.78 Å². The number of H-pyrrole nitrogens is 1. The minimum absolute atomic E-state index is 0.0413. The first-order chi connectivity index (χ1) is 16.9. The van der Waals surface area contributed by atoms with Crippen LogP contribution < -0.4 is 20.3 Å². The minimum Gasteiger partial charge on any atom is -0.493 e. The van der Waals surface area contributed by atoms with Gasteiger partial charge in [0, 0.05) is 16.9 Å². The number of rotatable bonds is 8. The van der Waals surface area contributed by atoms with Crippen molar-refractivity contribution in [1.29, 1.82) is 0 Å². The molecule has 180 valence electrons. The van der Waals surface area contributed by atoms with Crippen molar-refractivity contribution in [2.75, 3.05) is 7.11 Å². The Morgan fingerprint density at radius 2 is 1.66 bits per heavy atom. The second kappa shape index (κ2) is 10.9. The lowest BCUT2D eigenvalue weighted by Gasteiger charge is -2.12. The molecule has 0 aliphatic carbocycles. The van der Waals surface area contributed by atoms with Crippen molar-refractivity contribution in [3.05, 3.63) is 83.4 Å². The molecule has 0 spiro atoms. The summed E-state index contributed by atoms with van der Waals surface area (Å²) < 4.78 is 34.2. The third-order valence-electron chi connectivity index (χ3n) is 4.89. The zero-order valence-electron chi connectivity index (χ0n) is 18.4. The first-order valence-corrected chi connectivity index (χ1v) is 11.3. The van der Waals surface area contributed by atoms with Gasteiger partial charge in [0.05, 0.1) is 18.1 Å². The number of carbonyl (C=O) groups excluding carboxylic acids is 2. The van der Waals surface area contributed by atoms with Gasteiger partial charge >= 0.3 is 6.61 Å². The number of fused-ring (bicyclic) bond motifs is 1. The predicted molar refractivity (Wildman–Crippen MR) is 127 cm³/mol. The third kappa shape index (κ3) is 6.07. The first kappa shape index (κ1) is 24.0. The molecule has 35 heavy (non-hydrogen) atoms. The SMILES string of the molecule is COc1cc(C(=O)NNC(=O)c2ccc(CSc3nc4ccccc4[nH]3)cc2)ccc1OC(F)F. The number of benzene rings is 3. The fourth-order valence-corrected chi connectivity index (χ4v) is 4.00. The number of para-hydroxylation sites is 2. The maximum Gasteiger partial charge on any atom is 0.387 e. The summed E-state index contributed by atoms with van der Waals surface area (Å²) in [7, 11) is 1.26. The number of halogens is 2. The number of ether oxygens (including phenoxy) is 2. The zero-order valence-corrected chi connectivity index (χ0v) is 19.2. The molecule has 0 saturated heterocycles. The van der Waals surface area contributed by atoms with Gasteiger partial charge in [0.1, 0.15) is 0 Å². The molecule has 0 unspecified atom stereocenters. The number of hydrazine groups is 1. The van der Waals surface area contributed by atoms with Gasteiger partial charge in [0.25, 0.3) is 11.8 Å². The summed E-state index contributed by atoms with van der Waals surface area (Å²) in [6.45, 7) is -3.03. The molecular formula is C24H20F2N4O4S. The van der Waals surface area contributed by atoms with Crippen LogP contribution in [0, 0.1) is 0 Å². The van der Waals surface area contributed by atoms with Crippen molar-refractivity contribution >= 4 is 34.6 Å². The number of nitrogens with one attached hydrogen (secondary N) is 3. The second-order valence-corrected chi connectivity index (χ2v) is 8.16. The number of imidazole rings is 1. The van der Waals surface area contributed by atoms with E-state index in [0.29, 0.717) is 11.3 Å². The van der Waals surface area contributed by atoms with Crippen molar-refractivity contribution < 1.29 is 27.8 Å². The van der Waals surface area contributed by atoms with Crippen LogP contribution in [0.25, 0.3) is 11.0 Å². The van der Waals surface area contributed by atoms with Gasteiger partial charge in [-0.1, -0.05) is 36.0 Å². The van der Waals surface area contributed by atoms with Crippen molar-refractivity contribution in [3.8, 4) is 11.5 Å². The van der Waals surface area contributed by atoms with Crippen LogP contribution in [0.1, 0.15) is 26.3 Å². The van der Waals surface area contributed by atoms with Crippen molar-refractivity contribution in [2.45, 2.75) is 17.5 Å². The summed E-state index contributed by atoms with van der Waals surface area (Å²) in [6.07, 6.45) is 0. The molecule has 0 radical (unpaired) electrons. The summed E-state index contributed by atoms with van der Waals surface area (Å²) in [5.74, 6) is -0.758. The first-order valence-electron chi connectivity index (χ1n) is 10.3. The zero-order chi connectivity index (χ0) is 24.8. The Bertz CT molecular complexity index is 1310. The van der Waals surface area contributed by atoms with Gasteiger partial charge in [0.2, 0.25) is 0 Å². The van der Waals surface area contributed by atoms with E-state index in [0.717, 1.165) is 21.8 Å². The Morgan fingerprint density at radius 1 is 0.971 bits per heavy atom. The molecule has 8 nitrogen and oxygen atoms in total. The molecule has 3 N–H and O–H groups in total. The number of methoxy groups -OCH3 is 1. The van der Waals surface area contributed by atoms with Crippen molar-refractivity contribution in [3.63, 3.8) is 0 Å². The van der Waals surface area contributed by atoms with E-state index in [9.17, 15) is 18.4 Å². The van der Waals surface area contributed by atoms with Crippen LogP contribution in [0.5, 0.6) is 11.5 Å².